The monoisotopic (exact) mass is 430 g/mol. The number of carbonyl (C=O) groups is 1. The topological polar surface area (TPSA) is 49.3 Å². The van der Waals surface area contributed by atoms with Crippen LogP contribution in [0.15, 0.2) is 54.6 Å². The molecule has 1 amide bonds. The molecule has 1 fully saturated rings. The molecule has 1 aliphatic rings. The molecule has 0 aliphatic carbocycles. The van der Waals surface area contributed by atoms with Crippen molar-refractivity contribution in [2.24, 2.45) is 0 Å². The minimum atomic E-state index is -0.498. The van der Waals surface area contributed by atoms with E-state index in [9.17, 15) is 9.18 Å². The molecule has 0 spiro atoms. The van der Waals surface area contributed by atoms with Crippen LogP contribution in [0.2, 0.25) is 10.0 Å². The van der Waals surface area contributed by atoms with Gasteiger partial charge in [0.2, 0.25) is 0 Å². The van der Waals surface area contributed by atoms with E-state index in [1.807, 2.05) is 17.0 Å². The van der Waals surface area contributed by atoms with Crippen LogP contribution < -0.4 is 4.90 Å². The summed E-state index contributed by atoms with van der Waals surface area (Å²) in [5, 5.41) is 9.66. The number of carbonyl (C=O) groups excluding carboxylic acids is 1. The van der Waals surface area contributed by atoms with Gasteiger partial charge < -0.3 is 9.80 Å². The Bertz CT molecular complexity index is 1040. The van der Waals surface area contributed by atoms with Gasteiger partial charge in [0, 0.05) is 36.8 Å². The number of amides is 1. The number of piperazine rings is 1. The lowest BCUT2D eigenvalue weighted by molar-refractivity contribution is 0.0742. The molecule has 1 aliphatic heterocycles. The zero-order valence-corrected chi connectivity index (χ0v) is 16.9. The summed E-state index contributed by atoms with van der Waals surface area (Å²) < 4.78 is 13.9. The molecule has 2 aromatic carbocycles. The molecule has 0 unspecified atom stereocenters. The third-order valence-electron chi connectivity index (χ3n) is 4.85. The van der Waals surface area contributed by atoms with E-state index in [0.29, 0.717) is 41.9 Å². The molecule has 29 heavy (non-hydrogen) atoms. The van der Waals surface area contributed by atoms with Crippen molar-refractivity contribution < 1.29 is 9.18 Å². The highest BCUT2D eigenvalue weighted by atomic mass is 35.5. The van der Waals surface area contributed by atoms with Gasteiger partial charge in [0.05, 0.1) is 16.3 Å². The summed E-state index contributed by atoms with van der Waals surface area (Å²) >= 11 is 12.2. The normalized spacial score (nSPS) is 14.2. The summed E-state index contributed by atoms with van der Waals surface area (Å²) in [6, 6.07) is 15.0. The van der Waals surface area contributed by atoms with Gasteiger partial charge in [-0.15, -0.1) is 10.2 Å². The molecule has 2 heterocycles. The van der Waals surface area contributed by atoms with E-state index >= 15 is 0 Å². The van der Waals surface area contributed by atoms with Crippen LogP contribution in [0.1, 0.15) is 10.4 Å². The molecule has 4 rings (SSSR count). The molecule has 0 atom stereocenters. The minimum absolute atomic E-state index is 0.102. The third kappa shape index (κ3) is 4.18. The molecular formula is C21H17Cl2FN4O. The van der Waals surface area contributed by atoms with E-state index in [1.54, 1.807) is 35.2 Å². The van der Waals surface area contributed by atoms with E-state index in [2.05, 4.69) is 10.2 Å². The fourth-order valence-corrected chi connectivity index (χ4v) is 3.78. The zero-order chi connectivity index (χ0) is 20.4. The zero-order valence-electron chi connectivity index (χ0n) is 15.4. The van der Waals surface area contributed by atoms with Crippen molar-refractivity contribution in [1.29, 1.82) is 0 Å². The second kappa shape index (κ2) is 8.35. The van der Waals surface area contributed by atoms with Gasteiger partial charge in [0.15, 0.2) is 5.82 Å². The fraction of sp³-hybridized carbons (Fsp3) is 0.190. The molecular weight excluding hydrogens is 414 g/mol. The van der Waals surface area contributed by atoms with Gasteiger partial charge in [-0.1, -0.05) is 35.3 Å². The maximum absolute atomic E-state index is 13.9. The van der Waals surface area contributed by atoms with Crippen LogP contribution in [-0.2, 0) is 0 Å². The molecule has 3 aromatic rings. The van der Waals surface area contributed by atoms with Gasteiger partial charge in [-0.2, -0.15) is 0 Å². The summed E-state index contributed by atoms with van der Waals surface area (Å²) in [5.74, 6) is -0.0689. The predicted molar refractivity (Wildman–Crippen MR) is 112 cm³/mol. The average Bonchev–Trinajstić information content (AvgIpc) is 2.74. The highest BCUT2D eigenvalue weighted by Crippen LogP contribution is 2.29. The van der Waals surface area contributed by atoms with Crippen LogP contribution in [0.5, 0.6) is 0 Å². The Kier molecular flexibility index (Phi) is 5.65. The maximum Gasteiger partial charge on any atom is 0.256 e. The Hall–Kier alpha value is -2.70. The molecule has 0 radical (unpaired) electrons. The first kappa shape index (κ1) is 19.6. The SMILES string of the molecule is O=C(c1ccccc1F)N1CCN(c2ccc(-c3ccc(Cl)cc3Cl)nn2)CC1. The Morgan fingerprint density at radius 3 is 2.34 bits per heavy atom. The molecule has 0 bridgehead atoms. The molecule has 148 valence electrons. The predicted octanol–water partition coefficient (Wildman–Crippen LogP) is 4.55. The Morgan fingerprint density at radius 2 is 1.69 bits per heavy atom. The van der Waals surface area contributed by atoms with Gasteiger partial charge >= 0.3 is 0 Å². The van der Waals surface area contributed by atoms with Crippen LogP contribution in [0, 0.1) is 5.82 Å². The quantitative estimate of drug-likeness (QED) is 0.611. The molecule has 0 saturated carbocycles. The number of nitrogens with zero attached hydrogens (tertiary/aromatic N) is 4. The Morgan fingerprint density at radius 1 is 0.931 bits per heavy atom. The van der Waals surface area contributed by atoms with Gasteiger partial charge in [-0.3, -0.25) is 4.79 Å². The van der Waals surface area contributed by atoms with Crippen LogP contribution in [0.25, 0.3) is 11.3 Å². The smallest absolute Gasteiger partial charge is 0.256 e. The van der Waals surface area contributed by atoms with Gasteiger partial charge in [0.25, 0.3) is 5.91 Å². The van der Waals surface area contributed by atoms with E-state index in [1.165, 1.54) is 12.1 Å². The highest BCUT2D eigenvalue weighted by molar-refractivity contribution is 6.36. The van der Waals surface area contributed by atoms with Crippen LogP contribution in [-0.4, -0.2) is 47.2 Å². The van der Waals surface area contributed by atoms with Gasteiger partial charge in [-0.25, -0.2) is 4.39 Å². The van der Waals surface area contributed by atoms with Crippen molar-refractivity contribution in [3.63, 3.8) is 0 Å². The molecule has 8 heteroatoms. The Labute approximate surface area is 177 Å². The number of benzene rings is 2. The lowest BCUT2D eigenvalue weighted by Crippen LogP contribution is -2.49. The maximum atomic E-state index is 13.9. The molecule has 0 N–H and O–H groups in total. The second-order valence-corrected chi connectivity index (χ2v) is 7.50. The van der Waals surface area contributed by atoms with E-state index in [4.69, 9.17) is 23.2 Å². The van der Waals surface area contributed by atoms with E-state index < -0.39 is 5.82 Å². The summed E-state index contributed by atoms with van der Waals surface area (Å²) in [6.45, 7) is 2.16. The first-order valence-corrected chi connectivity index (χ1v) is 9.86. The average molecular weight is 431 g/mol. The lowest BCUT2D eigenvalue weighted by Gasteiger charge is -2.35. The van der Waals surface area contributed by atoms with E-state index in [-0.39, 0.29) is 11.5 Å². The summed E-state index contributed by atoms with van der Waals surface area (Å²) in [4.78, 5) is 16.2. The number of hydrogen-bond acceptors (Lipinski definition) is 4. The van der Waals surface area contributed by atoms with Crippen molar-refractivity contribution in [3.05, 3.63) is 76.0 Å². The van der Waals surface area contributed by atoms with E-state index in [0.717, 1.165) is 11.4 Å². The van der Waals surface area contributed by atoms with Crippen molar-refractivity contribution in [3.8, 4) is 11.3 Å². The summed E-state index contributed by atoms with van der Waals surface area (Å²) in [6.07, 6.45) is 0. The number of hydrogen-bond donors (Lipinski definition) is 0. The summed E-state index contributed by atoms with van der Waals surface area (Å²) in [5.41, 5.74) is 1.52. The molecule has 1 aromatic heterocycles. The lowest BCUT2D eigenvalue weighted by atomic mass is 10.1. The van der Waals surface area contributed by atoms with Crippen LogP contribution in [0.3, 0.4) is 0 Å². The van der Waals surface area contributed by atoms with Crippen molar-refractivity contribution >= 4 is 34.9 Å². The Balaban J connectivity index is 1.42. The summed E-state index contributed by atoms with van der Waals surface area (Å²) in [7, 11) is 0. The molecule has 5 nitrogen and oxygen atoms in total. The second-order valence-electron chi connectivity index (χ2n) is 6.66. The van der Waals surface area contributed by atoms with Gasteiger partial charge in [-0.05, 0) is 42.5 Å². The largest absolute Gasteiger partial charge is 0.352 e. The molecule has 1 saturated heterocycles. The van der Waals surface area contributed by atoms with Gasteiger partial charge in [0.1, 0.15) is 5.82 Å². The minimum Gasteiger partial charge on any atom is -0.352 e. The third-order valence-corrected chi connectivity index (χ3v) is 5.40. The van der Waals surface area contributed by atoms with Crippen LogP contribution in [0.4, 0.5) is 10.2 Å². The van der Waals surface area contributed by atoms with Crippen molar-refractivity contribution in [2.75, 3.05) is 31.1 Å². The first-order valence-electron chi connectivity index (χ1n) is 9.11. The standard InChI is InChI=1S/C21H17Cl2FN4O/c22-14-5-6-15(17(23)13-14)19-7-8-20(26-25-19)27-9-11-28(12-10-27)21(29)16-3-1-2-4-18(16)24/h1-8,13H,9-12H2. The van der Waals surface area contributed by atoms with Crippen molar-refractivity contribution in [2.45, 2.75) is 0 Å². The number of anilines is 1. The fourth-order valence-electron chi connectivity index (χ4n) is 3.28. The number of rotatable bonds is 3. The van der Waals surface area contributed by atoms with Crippen molar-refractivity contribution in [1.82, 2.24) is 15.1 Å². The van der Waals surface area contributed by atoms with Crippen LogP contribution >= 0.6 is 23.2 Å². The highest BCUT2D eigenvalue weighted by Gasteiger charge is 2.24. The number of aromatic nitrogens is 2. The first-order chi connectivity index (χ1) is 14.0. The number of halogens is 3.